The number of rotatable bonds is 5. The number of halogens is 1. The van der Waals surface area contributed by atoms with Crippen molar-refractivity contribution in [2.75, 3.05) is 25.0 Å². The summed E-state index contributed by atoms with van der Waals surface area (Å²) in [5.74, 6) is 0.737. The van der Waals surface area contributed by atoms with Crippen LogP contribution in [0, 0.1) is 0 Å². The minimum Gasteiger partial charge on any atom is -0.369 e. The van der Waals surface area contributed by atoms with Crippen molar-refractivity contribution in [2.24, 2.45) is 0 Å². The summed E-state index contributed by atoms with van der Waals surface area (Å²) in [6.45, 7) is 8.19. The number of hydrogen-bond donors (Lipinski definition) is 2. The van der Waals surface area contributed by atoms with Crippen molar-refractivity contribution in [3.63, 3.8) is 0 Å². The first-order valence-corrected chi connectivity index (χ1v) is 10.3. The first-order chi connectivity index (χ1) is 13.8. The molecule has 7 heteroatoms. The third kappa shape index (κ3) is 4.40. The van der Waals surface area contributed by atoms with Crippen LogP contribution >= 0.6 is 0 Å². The Morgan fingerprint density at radius 3 is 2.93 bits per heavy atom. The normalized spacial score (nSPS) is 20.1. The molecule has 0 bridgehead atoms. The van der Waals surface area contributed by atoms with Crippen LogP contribution in [-0.2, 0) is 5.54 Å². The molecule has 6 nitrogen and oxygen atoms in total. The Balaban J connectivity index is 1.60. The van der Waals surface area contributed by atoms with E-state index in [2.05, 4.69) is 41.5 Å². The van der Waals surface area contributed by atoms with E-state index in [0.29, 0.717) is 25.9 Å². The van der Waals surface area contributed by atoms with E-state index in [1.54, 1.807) is 6.20 Å². The van der Waals surface area contributed by atoms with E-state index in [9.17, 15) is 4.39 Å². The fourth-order valence-corrected chi connectivity index (χ4v) is 3.73. The molecule has 0 amide bonds. The van der Waals surface area contributed by atoms with E-state index in [4.69, 9.17) is 4.98 Å². The smallest absolute Gasteiger partial charge is 0.136 e. The van der Waals surface area contributed by atoms with Crippen LogP contribution in [-0.4, -0.2) is 45.1 Å². The van der Waals surface area contributed by atoms with Crippen molar-refractivity contribution in [2.45, 2.75) is 51.2 Å². The summed E-state index contributed by atoms with van der Waals surface area (Å²) >= 11 is 0. The Morgan fingerprint density at radius 1 is 1.34 bits per heavy atom. The number of piperidine rings is 1. The summed E-state index contributed by atoms with van der Waals surface area (Å²) in [7, 11) is 0. The van der Waals surface area contributed by atoms with Crippen molar-refractivity contribution in [1.29, 1.82) is 0 Å². The van der Waals surface area contributed by atoms with E-state index >= 15 is 0 Å². The highest BCUT2D eigenvalue weighted by Crippen LogP contribution is 2.29. The molecule has 0 saturated carbocycles. The summed E-state index contributed by atoms with van der Waals surface area (Å²) in [5.41, 5.74) is 1.36. The maximum Gasteiger partial charge on any atom is 0.136 e. The second-order valence-corrected chi connectivity index (χ2v) is 8.88. The zero-order valence-corrected chi connectivity index (χ0v) is 17.4. The molecule has 29 heavy (non-hydrogen) atoms. The number of fused-ring (bicyclic) bond motifs is 1. The van der Waals surface area contributed by atoms with Crippen molar-refractivity contribution in [3.05, 3.63) is 36.8 Å². The van der Waals surface area contributed by atoms with E-state index in [-0.39, 0.29) is 5.54 Å². The van der Waals surface area contributed by atoms with Crippen LogP contribution in [0.25, 0.3) is 22.2 Å². The van der Waals surface area contributed by atoms with Crippen LogP contribution in [0.1, 0.15) is 40.0 Å². The van der Waals surface area contributed by atoms with Crippen molar-refractivity contribution in [3.8, 4) is 11.3 Å². The standard InChI is InChI=1S/C22H29FN6/c1-21(2,3)29-14-16(13-27-29)18-12-19-17(6-4-10-25-19)20(28-18)26-11-8-22(23)7-5-9-24-15-22/h4,6,10,12-14,24H,5,7-9,11,15H2,1-3H3,(H,26,28)/t22-/m1/s1. The van der Waals surface area contributed by atoms with Gasteiger partial charge >= 0.3 is 0 Å². The predicted octanol–water partition coefficient (Wildman–Crippen LogP) is 4.14. The summed E-state index contributed by atoms with van der Waals surface area (Å²) in [5, 5.41) is 11.9. The molecular weight excluding hydrogens is 367 g/mol. The quantitative estimate of drug-likeness (QED) is 0.678. The first kappa shape index (κ1) is 19.8. The summed E-state index contributed by atoms with van der Waals surface area (Å²) in [4.78, 5) is 9.33. The van der Waals surface area contributed by atoms with E-state index in [0.717, 1.165) is 40.9 Å². The van der Waals surface area contributed by atoms with E-state index in [1.807, 2.05) is 35.3 Å². The molecule has 1 fully saturated rings. The highest BCUT2D eigenvalue weighted by atomic mass is 19.1. The van der Waals surface area contributed by atoms with Gasteiger partial charge in [-0.1, -0.05) is 0 Å². The van der Waals surface area contributed by atoms with Gasteiger partial charge in [-0.25, -0.2) is 9.37 Å². The molecule has 4 heterocycles. The highest BCUT2D eigenvalue weighted by molar-refractivity contribution is 5.91. The summed E-state index contributed by atoms with van der Waals surface area (Å²) in [6.07, 6.45) is 7.56. The van der Waals surface area contributed by atoms with Crippen LogP contribution in [0.3, 0.4) is 0 Å². The lowest BCUT2D eigenvalue weighted by atomic mass is 9.93. The third-order valence-corrected chi connectivity index (χ3v) is 5.45. The van der Waals surface area contributed by atoms with E-state index < -0.39 is 5.67 Å². The maximum absolute atomic E-state index is 14.9. The molecule has 2 N–H and O–H groups in total. The Bertz CT molecular complexity index is 984. The molecule has 1 atom stereocenters. The van der Waals surface area contributed by atoms with Gasteiger partial charge in [0.25, 0.3) is 0 Å². The number of pyridine rings is 2. The molecule has 3 aromatic rings. The largest absolute Gasteiger partial charge is 0.369 e. The zero-order chi connectivity index (χ0) is 20.5. The van der Waals surface area contributed by atoms with Gasteiger partial charge in [0.15, 0.2) is 0 Å². The molecule has 1 aliphatic rings. The first-order valence-electron chi connectivity index (χ1n) is 10.3. The van der Waals surface area contributed by atoms with Gasteiger partial charge in [0.2, 0.25) is 0 Å². The molecule has 154 valence electrons. The summed E-state index contributed by atoms with van der Waals surface area (Å²) < 4.78 is 16.8. The van der Waals surface area contributed by atoms with Crippen molar-refractivity contribution in [1.82, 2.24) is 25.1 Å². The average Bonchev–Trinajstić information content (AvgIpc) is 3.19. The van der Waals surface area contributed by atoms with Crippen LogP contribution in [0.5, 0.6) is 0 Å². The molecule has 0 aromatic carbocycles. The number of hydrogen-bond acceptors (Lipinski definition) is 5. The second kappa shape index (κ2) is 7.71. The minimum atomic E-state index is -1.15. The number of alkyl halides is 1. The lowest BCUT2D eigenvalue weighted by Gasteiger charge is -2.30. The Labute approximate surface area is 170 Å². The Morgan fingerprint density at radius 2 is 2.21 bits per heavy atom. The molecule has 0 unspecified atom stereocenters. The van der Waals surface area contributed by atoms with Gasteiger partial charge in [0.1, 0.15) is 11.5 Å². The van der Waals surface area contributed by atoms with E-state index in [1.165, 1.54) is 0 Å². The SMILES string of the molecule is CC(C)(C)n1cc(-c2cc3ncccc3c(NCC[C@]3(F)CCCNC3)n2)cn1. The molecule has 0 aliphatic carbocycles. The molecule has 1 saturated heterocycles. The monoisotopic (exact) mass is 396 g/mol. The number of nitrogens with one attached hydrogen (secondary N) is 2. The van der Waals surface area contributed by atoms with Crippen LogP contribution in [0.4, 0.5) is 10.2 Å². The maximum atomic E-state index is 14.9. The van der Waals surface area contributed by atoms with Gasteiger partial charge in [0, 0.05) is 36.4 Å². The lowest BCUT2D eigenvalue weighted by molar-refractivity contribution is 0.115. The number of aromatic nitrogens is 4. The lowest BCUT2D eigenvalue weighted by Crippen LogP contribution is -2.43. The van der Waals surface area contributed by atoms with Crippen LogP contribution < -0.4 is 10.6 Å². The van der Waals surface area contributed by atoms with Crippen LogP contribution in [0.15, 0.2) is 36.8 Å². The highest BCUT2D eigenvalue weighted by Gasteiger charge is 2.31. The Kier molecular flexibility index (Phi) is 5.25. The van der Waals surface area contributed by atoms with Crippen molar-refractivity contribution >= 4 is 16.7 Å². The van der Waals surface area contributed by atoms with Gasteiger partial charge in [-0.2, -0.15) is 5.10 Å². The predicted molar refractivity (Wildman–Crippen MR) is 115 cm³/mol. The molecule has 1 aliphatic heterocycles. The van der Waals surface area contributed by atoms with Crippen molar-refractivity contribution < 1.29 is 4.39 Å². The second-order valence-electron chi connectivity index (χ2n) is 8.88. The topological polar surface area (TPSA) is 67.7 Å². The molecule has 0 radical (unpaired) electrons. The zero-order valence-electron chi connectivity index (χ0n) is 17.4. The fourth-order valence-electron chi connectivity index (χ4n) is 3.73. The molecule has 4 rings (SSSR count). The van der Waals surface area contributed by atoms with Gasteiger partial charge in [-0.15, -0.1) is 0 Å². The molecule has 0 spiro atoms. The third-order valence-electron chi connectivity index (χ3n) is 5.45. The summed E-state index contributed by atoms with van der Waals surface area (Å²) in [6, 6.07) is 5.87. The number of nitrogens with zero attached hydrogens (tertiary/aromatic N) is 4. The molecular formula is C22H29FN6. The fraction of sp³-hybridized carbons (Fsp3) is 0.500. The average molecular weight is 397 g/mol. The van der Waals surface area contributed by atoms with Gasteiger partial charge < -0.3 is 10.6 Å². The minimum absolute atomic E-state index is 0.0993. The number of anilines is 1. The molecule has 3 aromatic heterocycles. The van der Waals surface area contributed by atoms with Crippen LogP contribution in [0.2, 0.25) is 0 Å². The van der Waals surface area contributed by atoms with Gasteiger partial charge in [0.05, 0.1) is 22.9 Å². The van der Waals surface area contributed by atoms with Gasteiger partial charge in [-0.3, -0.25) is 9.67 Å². The Hall–Kier alpha value is -2.54. The van der Waals surface area contributed by atoms with Gasteiger partial charge in [-0.05, 0) is 64.8 Å².